The first kappa shape index (κ1) is 20.4. The smallest absolute Gasteiger partial charge is 0.205 e. The summed E-state index contributed by atoms with van der Waals surface area (Å²) in [6.45, 7) is 4.12. The van der Waals surface area contributed by atoms with E-state index in [4.69, 9.17) is 9.47 Å². The molecule has 3 aromatic rings. The Morgan fingerprint density at radius 1 is 0.655 bits per heavy atom. The molecule has 3 nitrogen and oxygen atoms in total. The molecule has 29 heavy (non-hydrogen) atoms. The summed E-state index contributed by atoms with van der Waals surface area (Å²) in [6.07, 6.45) is 8.52. The van der Waals surface area contributed by atoms with Crippen molar-refractivity contribution in [2.45, 2.75) is 13.8 Å². The zero-order chi connectivity index (χ0) is 20.8. The predicted octanol–water partition coefficient (Wildman–Crippen LogP) is 5.49. The molecule has 0 saturated carbocycles. The van der Waals surface area contributed by atoms with Crippen LogP contribution >= 0.6 is 0 Å². The second kappa shape index (κ2) is 9.24. The summed E-state index contributed by atoms with van der Waals surface area (Å²) in [5.74, 6) is 1.82. The Kier molecular flexibility index (Phi) is 6.50. The van der Waals surface area contributed by atoms with Gasteiger partial charge in [0.05, 0.1) is 14.2 Å². The van der Waals surface area contributed by atoms with Crippen molar-refractivity contribution >= 4 is 24.3 Å². The third-order valence-corrected chi connectivity index (χ3v) is 5.04. The average Bonchev–Trinajstić information content (AvgIpc) is 2.72. The van der Waals surface area contributed by atoms with Gasteiger partial charge >= 0.3 is 0 Å². The molecule has 0 unspecified atom stereocenters. The maximum Gasteiger partial charge on any atom is 0.205 e. The predicted molar refractivity (Wildman–Crippen MR) is 121 cm³/mol. The molecular weight excluding hydrogens is 358 g/mol. The van der Waals surface area contributed by atoms with Crippen LogP contribution in [0.3, 0.4) is 0 Å². The van der Waals surface area contributed by atoms with Crippen LogP contribution in [0.1, 0.15) is 33.6 Å². The fraction of sp³-hybridized carbons (Fsp3) is 0.192. The van der Waals surface area contributed by atoms with Crippen molar-refractivity contribution in [2.75, 3.05) is 14.2 Å². The van der Waals surface area contributed by atoms with Crippen LogP contribution in [0.5, 0.6) is 11.5 Å². The number of hydrogen-bond donors (Lipinski definition) is 0. The number of benzene rings is 2. The van der Waals surface area contributed by atoms with Gasteiger partial charge in [-0.15, -0.1) is 0 Å². The van der Waals surface area contributed by atoms with Crippen LogP contribution in [-0.2, 0) is 7.05 Å². The van der Waals surface area contributed by atoms with Crippen molar-refractivity contribution in [3.05, 3.63) is 88.2 Å². The maximum absolute atomic E-state index is 5.34. The molecule has 3 rings (SSSR count). The lowest BCUT2D eigenvalue weighted by molar-refractivity contribution is -0.675. The first-order valence-electron chi connectivity index (χ1n) is 9.66. The highest BCUT2D eigenvalue weighted by atomic mass is 16.5. The average molecular weight is 387 g/mol. The minimum Gasteiger partial charge on any atom is -0.496 e. The summed E-state index contributed by atoms with van der Waals surface area (Å²) in [7, 11) is 5.48. The van der Waals surface area contributed by atoms with E-state index in [0.29, 0.717) is 0 Å². The van der Waals surface area contributed by atoms with Gasteiger partial charge in [0.15, 0.2) is 0 Å². The summed E-state index contributed by atoms with van der Waals surface area (Å²) in [4.78, 5) is 0. The molecule has 1 aromatic heterocycles. The first-order valence-corrected chi connectivity index (χ1v) is 9.66. The van der Waals surface area contributed by atoms with Crippen LogP contribution in [0.2, 0.25) is 0 Å². The van der Waals surface area contributed by atoms with Gasteiger partial charge in [0, 0.05) is 24.3 Å². The molecule has 0 radical (unpaired) electrons. The molecule has 0 spiro atoms. The lowest BCUT2D eigenvalue weighted by Crippen LogP contribution is -2.35. The Labute approximate surface area is 173 Å². The topological polar surface area (TPSA) is 22.3 Å². The van der Waals surface area contributed by atoms with Gasteiger partial charge in [-0.3, -0.25) is 0 Å². The van der Waals surface area contributed by atoms with Crippen LogP contribution in [0.4, 0.5) is 0 Å². The van der Waals surface area contributed by atoms with Crippen LogP contribution in [-0.4, -0.2) is 14.2 Å². The highest BCUT2D eigenvalue weighted by Crippen LogP contribution is 2.21. The molecule has 148 valence electrons. The molecule has 0 atom stereocenters. The molecule has 2 aromatic carbocycles. The van der Waals surface area contributed by atoms with Gasteiger partial charge in [-0.25, -0.2) is 0 Å². The molecule has 1 heterocycles. The summed E-state index contributed by atoms with van der Waals surface area (Å²) in [5, 5.41) is 0. The summed E-state index contributed by atoms with van der Waals surface area (Å²) >= 11 is 0. The van der Waals surface area contributed by atoms with Gasteiger partial charge in [0.2, 0.25) is 11.4 Å². The van der Waals surface area contributed by atoms with Gasteiger partial charge in [-0.2, -0.15) is 4.57 Å². The molecule has 0 aliphatic rings. The van der Waals surface area contributed by atoms with Gasteiger partial charge in [-0.1, -0.05) is 12.1 Å². The van der Waals surface area contributed by atoms with E-state index in [9.17, 15) is 0 Å². The largest absolute Gasteiger partial charge is 0.496 e. The SMILES string of the molecule is COc1ccc(/C=C/c2cccc(/C=C/c3ccc(OC)c(C)c3)[n+]2C)cc1C. The number of methoxy groups -OCH3 is 2. The third kappa shape index (κ3) is 4.94. The normalized spacial score (nSPS) is 11.3. The van der Waals surface area contributed by atoms with Crippen molar-refractivity contribution in [1.29, 1.82) is 0 Å². The molecular formula is C26H28NO2+. The number of hydrogen-bond acceptors (Lipinski definition) is 2. The van der Waals surface area contributed by atoms with Crippen LogP contribution < -0.4 is 14.0 Å². The van der Waals surface area contributed by atoms with Crippen molar-refractivity contribution in [2.24, 2.45) is 7.05 Å². The van der Waals surface area contributed by atoms with Crippen LogP contribution in [0.15, 0.2) is 54.6 Å². The molecule has 0 bridgehead atoms. The second-order valence-corrected chi connectivity index (χ2v) is 7.06. The zero-order valence-electron chi connectivity index (χ0n) is 17.8. The summed E-state index contributed by atoms with van der Waals surface area (Å²) in [6, 6.07) is 18.7. The zero-order valence-corrected chi connectivity index (χ0v) is 17.8. The lowest BCUT2D eigenvalue weighted by atomic mass is 10.1. The van der Waals surface area contributed by atoms with E-state index < -0.39 is 0 Å². The number of aromatic nitrogens is 1. The Balaban J connectivity index is 1.82. The van der Waals surface area contributed by atoms with Crippen LogP contribution in [0, 0.1) is 13.8 Å². The number of nitrogens with zero attached hydrogens (tertiary/aromatic N) is 1. The first-order chi connectivity index (χ1) is 14.0. The standard InChI is InChI=1S/C26H28NO2/c1-19-17-21(11-15-25(19)28-4)9-13-23-7-6-8-24(27(23)3)14-10-22-12-16-26(29-5)20(2)18-22/h6-18H,1-5H3/q+1/b13-9+,14-10+. The third-order valence-electron chi connectivity index (χ3n) is 5.04. The Bertz CT molecular complexity index is 983. The number of aryl methyl sites for hydroxylation is 2. The van der Waals surface area contributed by atoms with Crippen molar-refractivity contribution in [3.8, 4) is 11.5 Å². The summed E-state index contributed by atoms with van der Waals surface area (Å²) < 4.78 is 12.9. The lowest BCUT2D eigenvalue weighted by Gasteiger charge is -2.05. The molecule has 0 fully saturated rings. The maximum atomic E-state index is 5.34. The molecule has 0 N–H and O–H groups in total. The Morgan fingerprint density at radius 3 is 1.48 bits per heavy atom. The Hall–Kier alpha value is -3.33. The minimum absolute atomic E-state index is 0.911. The molecule has 0 aliphatic heterocycles. The highest BCUT2D eigenvalue weighted by Gasteiger charge is 2.07. The molecule has 0 amide bonds. The second-order valence-electron chi connectivity index (χ2n) is 7.06. The van der Waals surface area contributed by atoms with Crippen LogP contribution in [0.25, 0.3) is 24.3 Å². The van der Waals surface area contributed by atoms with Gasteiger partial charge in [0.1, 0.15) is 18.5 Å². The van der Waals surface area contributed by atoms with E-state index in [1.165, 1.54) is 0 Å². The Morgan fingerprint density at radius 2 is 1.10 bits per heavy atom. The van der Waals surface area contributed by atoms with E-state index in [0.717, 1.165) is 45.1 Å². The van der Waals surface area contributed by atoms with E-state index in [1.54, 1.807) is 14.2 Å². The van der Waals surface area contributed by atoms with Crippen molar-refractivity contribution in [3.63, 3.8) is 0 Å². The number of pyridine rings is 1. The number of rotatable bonds is 6. The van der Waals surface area contributed by atoms with Crippen molar-refractivity contribution < 1.29 is 14.0 Å². The van der Waals surface area contributed by atoms with E-state index in [1.807, 2.05) is 12.1 Å². The fourth-order valence-electron chi connectivity index (χ4n) is 3.33. The fourth-order valence-corrected chi connectivity index (χ4v) is 3.33. The van der Waals surface area contributed by atoms with Gasteiger partial charge in [0.25, 0.3) is 0 Å². The summed E-state index contributed by atoms with van der Waals surface area (Å²) in [5.41, 5.74) is 6.82. The molecule has 0 aliphatic carbocycles. The minimum atomic E-state index is 0.911. The van der Waals surface area contributed by atoms with Gasteiger partial charge < -0.3 is 9.47 Å². The van der Waals surface area contributed by atoms with E-state index in [-0.39, 0.29) is 0 Å². The highest BCUT2D eigenvalue weighted by molar-refractivity contribution is 5.70. The number of ether oxygens (including phenoxy) is 2. The van der Waals surface area contributed by atoms with Gasteiger partial charge in [-0.05, 0) is 78.6 Å². The van der Waals surface area contributed by atoms with E-state index in [2.05, 4.69) is 92.2 Å². The quantitative estimate of drug-likeness (QED) is 0.523. The van der Waals surface area contributed by atoms with Crippen molar-refractivity contribution in [1.82, 2.24) is 0 Å². The van der Waals surface area contributed by atoms with E-state index >= 15 is 0 Å². The molecule has 3 heteroatoms. The monoisotopic (exact) mass is 386 g/mol. The molecule has 0 saturated heterocycles.